The first kappa shape index (κ1) is 28.1. The number of phenols is 1. The molecule has 0 fully saturated rings. The minimum Gasteiger partial charge on any atom is -0.506 e. The smallest absolute Gasteiger partial charge is 0.229 e. The Morgan fingerprint density at radius 1 is 1.17 bits per heavy atom. The summed E-state index contributed by atoms with van der Waals surface area (Å²) in [5, 5.41) is 43.8. The zero-order valence-corrected chi connectivity index (χ0v) is 23.6. The molecule has 0 aliphatic heterocycles. The third-order valence-electron chi connectivity index (χ3n) is 5.91. The average molecular weight is 594 g/mol. The van der Waals surface area contributed by atoms with E-state index < -0.39 is 10.0 Å². The lowest BCUT2D eigenvalue weighted by molar-refractivity contribution is -0.357. The summed E-state index contributed by atoms with van der Waals surface area (Å²) in [5.41, 5.74) is 2.56. The van der Waals surface area contributed by atoms with Gasteiger partial charge in [0.25, 0.3) is 0 Å². The number of hydrogen-bond acceptors (Lipinski definition) is 13. The summed E-state index contributed by atoms with van der Waals surface area (Å²) >= 11 is 0.776. The Bertz CT molecular complexity index is 1950. The summed E-state index contributed by atoms with van der Waals surface area (Å²) in [7, 11) is -3.66. The van der Waals surface area contributed by atoms with Gasteiger partial charge in [0.15, 0.2) is 5.65 Å². The molecule has 2 N–H and O–H groups in total. The highest BCUT2D eigenvalue weighted by Crippen LogP contribution is 2.45. The maximum Gasteiger partial charge on any atom is 0.229 e. The van der Waals surface area contributed by atoms with Gasteiger partial charge < -0.3 is 5.11 Å². The van der Waals surface area contributed by atoms with Gasteiger partial charge in [0.05, 0.1) is 52.0 Å². The minimum absolute atomic E-state index is 0.150. The molecule has 0 aliphatic carbocycles. The standard InChI is InChI=1S/C25H23N9O5S2/c1-4-33(5-2)38-39-40-22-12-20(23-17(24(22)35)7-6-8-19(23)32-41(3,36)37)30-28-16-9-10-18-21(11-16)34-25(31-29-18)15(13-26)14-27-34/h6-12,14,32,35H,4-5H2,1-3H3. The number of azo groups is 1. The van der Waals surface area contributed by atoms with Gasteiger partial charge in [-0.05, 0) is 44.2 Å². The molecule has 0 spiro atoms. The summed E-state index contributed by atoms with van der Waals surface area (Å²) in [6, 6.07) is 13.4. The predicted molar refractivity (Wildman–Crippen MR) is 152 cm³/mol. The number of nitrogens with zero attached hydrogens (tertiary/aromatic N) is 8. The monoisotopic (exact) mass is 593 g/mol. The van der Waals surface area contributed by atoms with E-state index in [0.717, 1.165) is 18.3 Å². The molecular weight excluding hydrogens is 570 g/mol. The van der Waals surface area contributed by atoms with E-state index in [0.29, 0.717) is 46.2 Å². The Labute approximate surface area is 238 Å². The van der Waals surface area contributed by atoms with Crippen LogP contribution in [0.1, 0.15) is 19.4 Å². The van der Waals surface area contributed by atoms with Gasteiger partial charge in [0, 0.05) is 23.9 Å². The molecule has 5 aromatic rings. The Morgan fingerprint density at radius 3 is 2.71 bits per heavy atom. The van der Waals surface area contributed by atoms with Crippen LogP contribution < -0.4 is 4.72 Å². The largest absolute Gasteiger partial charge is 0.506 e. The van der Waals surface area contributed by atoms with Crippen molar-refractivity contribution in [3.63, 3.8) is 0 Å². The molecule has 41 heavy (non-hydrogen) atoms. The summed E-state index contributed by atoms with van der Waals surface area (Å²) < 4.78 is 33.4. The molecule has 2 aromatic heterocycles. The number of nitriles is 1. The lowest BCUT2D eigenvalue weighted by atomic mass is 10.1. The number of sulfonamides is 1. The Morgan fingerprint density at radius 2 is 1.98 bits per heavy atom. The van der Waals surface area contributed by atoms with E-state index in [1.807, 2.05) is 19.9 Å². The van der Waals surface area contributed by atoms with Crippen molar-refractivity contribution >= 4 is 66.6 Å². The van der Waals surface area contributed by atoms with Gasteiger partial charge in [-0.3, -0.25) is 4.72 Å². The minimum atomic E-state index is -3.66. The van der Waals surface area contributed by atoms with Gasteiger partial charge >= 0.3 is 0 Å². The molecule has 0 aliphatic rings. The molecule has 0 saturated heterocycles. The zero-order valence-electron chi connectivity index (χ0n) is 22.0. The summed E-state index contributed by atoms with van der Waals surface area (Å²) in [6.45, 7) is 4.97. The van der Waals surface area contributed by atoms with E-state index in [4.69, 9.17) is 9.32 Å². The van der Waals surface area contributed by atoms with Crippen LogP contribution in [0.25, 0.3) is 27.5 Å². The second kappa shape index (κ2) is 11.6. The molecule has 3 aromatic carbocycles. The van der Waals surface area contributed by atoms with Crippen molar-refractivity contribution in [3.8, 4) is 11.8 Å². The molecule has 0 bridgehead atoms. The van der Waals surface area contributed by atoms with Crippen molar-refractivity contribution < 1.29 is 22.8 Å². The first-order valence-electron chi connectivity index (χ1n) is 12.2. The molecule has 16 heteroatoms. The first-order valence-corrected chi connectivity index (χ1v) is 14.8. The molecule has 0 radical (unpaired) electrons. The number of aromatic hydroxyl groups is 1. The molecule has 0 saturated carbocycles. The van der Waals surface area contributed by atoms with Crippen LogP contribution in [0, 0.1) is 11.3 Å². The molecule has 0 amide bonds. The van der Waals surface area contributed by atoms with E-state index in [9.17, 15) is 18.8 Å². The maximum atomic E-state index is 12.1. The summed E-state index contributed by atoms with van der Waals surface area (Å²) in [5.74, 6) is -0.150. The van der Waals surface area contributed by atoms with Gasteiger partial charge in [-0.1, -0.05) is 12.1 Å². The van der Waals surface area contributed by atoms with Crippen LogP contribution in [0.4, 0.5) is 17.1 Å². The normalized spacial score (nSPS) is 12.2. The fraction of sp³-hybridized carbons (Fsp3) is 0.200. The SMILES string of the molecule is CCN(CC)OOSc1cc(N=Nc2ccc3nnc4c(C#N)cnn4c3c2)c2c(NS(C)(=O)=O)cccc2c1O. The molecule has 2 heterocycles. The van der Waals surface area contributed by atoms with E-state index in [1.165, 1.54) is 16.8 Å². The van der Waals surface area contributed by atoms with Gasteiger partial charge in [0.1, 0.15) is 22.9 Å². The average Bonchev–Trinajstić information content (AvgIpc) is 3.39. The fourth-order valence-corrected chi connectivity index (χ4v) is 5.12. The summed E-state index contributed by atoms with van der Waals surface area (Å²) in [4.78, 5) is 5.53. The number of anilines is 1. The van der Waals surface area contributed by atoms with Gasteiger partial charge in [-0.2, -0.15) is 20.5 Å². The van der Waals surface area contributed by atoms with Crippen molar-refractivity contribution in [1.29, 1.82) is 5.26 Å². The van der Waals surface area contributed by atoms with Crippen molar-refractivity contribution in [2.75, 3.05) is 24.1 Å². The Balaban J connectivity index is 1.60. The zero-order chi connectivity index (χ0) is 29.1. The maximum absolute atomic E-state index is 12.1. The number of rotatable bonds is 10. The number of nitrogens with one attached hydrogen (secondary N) is 1. The predicted octanol–water partition coefficient (Wildman–Crippen LogP) is 5.01. The summed E-state index contributed by atoms with van der Waals surface area (Å²) in [6.07, 6.45) is 2.43. The molecule has 210 valence electrons. The molecule has 14 nitrogen and oxygen atoms in total. The van der Waals surface area contributed by atoms with Crippen LogP contribution >= 0.6 is 12.0 Å². The third kappa shape index (κ3) is 5.89. The molecule has 0 atom stereocenters. The number of hydroxylamine groups is 2. The molecular formula is C25H23N9O5S2. The van der Waals surface area contributed by atoms with Gasteiger partial charge in [-0.25, -0.2) is 12.9 Å². The van der Waals surface area contributed by atoms with E-state index in [2.05, 4.69) is 30.2 Å². The van der Waals surface area contributed by atoms with Crippen LogP contribution in [0.2, 0.25) is 0 Å². The van der Waals surface area contributed by atoms with Crippen molar-refractivity contribution in [1.82, 2.24) is 24.9 Å². The van der Waals surface area contributed by atoms with Crippen LogP contribution in [-0.2, 0) is 19.3 Å². The lowest BCUT2D eigenvalue weighted by Gasteiger charge is -2.16. The Hall–Kier alpha value is -4.40. The highest BCUT2D eigenvalue weighted by Gasteiger charge is 2.18. The van der Waals surface area contributed by atoms with Crippen LogP contribution in [0.3, 0.4) is 0 Å². The quantitative estimate of drug-likeness (QED) is 0.0962. The van der Waals surface area contributed by atoms with E-state index in [1.54, 1.807) is 41.5 Å². The molecule has 5 rings (SSSR count). The Kier molecular flexibility index (Phi) is 7.97. The number of hydrogen-bond donors (Lipinski definition) is 2. The number of phenolic OH excluding ortho intramolecular Hbond substituents is 1. The first-order chi connectivity index (χ1) is 19.7. The van der Waals surface area contributed by atoms with E-state index >= 15 is 0 Å². The number of benzene rings is 3. The van der Waals surface area contributed by atoms with Gasteiger partial charge in [-0.15, -0.1) is 24.6 Å². The highest BCUT2D eigenvalue weighted by atomic mass is 32.2. The van der Waals surface area contributed by atoms with Gasteiger partial charge in [0.2, 0.25) is 10.0 Å². The number of fused-ring (bicyclic) bond motifs is 4. The second-order valence-corrected chi connectivity index (χ2v) is 11.2. The number of aromatic nitrogens is 4. The van der Waals surface area contributed by atoms with E-state index in [-0.39, 0.29) is 27.6 Å². The highest BCUT2D eigenvalue weighted by molar-refractivity contribution is 7.94. The van der Waals surface area contributed by atoms with Crippen LogP contribution in [0.15, 0.2) is 63.8 Å². The second-order valence-electron chi connectivity index (χ2n) is 8.66. The third-order valence-corrected chi connectivity index (χ3v) is 7.12. The van der Waals surface area contributed by atoms with Crippen molar-refractivity contribution in [3.05, 3.63) is 54.2 Å². The lowest BCUT2D eigenvalue weighted by Crippen LogP contribution is -2.22. The van der Waals surface area contributed by atoms with Crippen molar-refractivity contribution in [2.24, 2.45) is 10.2 Å². The fourth-order valence-electron chi connectivity index (χ4n) is 4.01. The molecule has 0 unspecified atom stereocenters. The van der Waals surface area contributed by atoms with Crippen LogP contribution in [-0.4, -0.2) is 57.7 Å². The van der Waals surface area contributed by atoms with Crippen LogP contribution in [0.5, 0.6) is 5.75 Å². The topological polar surface area (TPSA) is 180 Å². The van der Waals surface area contributed by atoms with Crippen molar-refractivity contribution in [2.45, 2.75) is 18.7 Å².